The Hall–Kier alpha value is -2.29. The van der Waals surface area contributed by atoms with Crippen molar-refractivity contribution >= 4 is 22.3 Å². The summed E-state index contributed by atoms with van der Waals surface area (Å²) in [5.74, 6) is 0. The summed E-state index contributed by atoms with van der Waals surface area (Å²) in [5.41, 5.74) is 3.64. The van der Waals surface area contributed by atoms with Crippen LogP contribution >= 0.6 is 0 Å². The highest BCUT2D eigenvalue weighted by molar-refractivity contribution is 5.94. The molecule has 3 heterocycles. The summed E-state index contributed by atoms with van der Waals surface area (Å²) in [6.45, 7) is 0. The highest BCUT2D eigenvalue weighted by atomic mass is 15.6. The van der Waals surface area contributed by atoms with Crippen LogP contribution in [0.4, 0.5) is 11.4 Å². The van der Waals surface area contributed by atoms with Gasteiger partial charge in [0.15, 0.2) is 0 Å². The van der Waals surface area contributed by atoms with Crippen molar-refractivity contribution in [1.82, 2.24) is 9.66 Å². The molecule has 76 valence electrons. The van der Waals surface area contributed by atoms with E-state index < -0.39 is 0 Å². The molecule has 0 atom stereocenters. The van der Waals surface area contributed by atoms with Crippen molar-refractivity contribution in [3.8, 4) is 0 Å². The molecule has 0 bridgehead atoms. The lowest BCUT2D eigenvalue weighted by Crippen LogP contribution is -2.07. The normalized spacial score (nSPS) is 12.9. The second kappa shape index (κ2) is 2.64. The second-order valence-corrected chi connectivity index (χ2v) is 3.90. The van der Waals surface area contributed by atoms with Crippen molar-refractivity contribution in [3.63, 3.8) is 0 Å². The van der Waals surface area contributed by atoms with Gasteiger partial charge in [0.2, 0.25) is 0 Å². The minimum Gasteiger partial charge on any atom is -0.262 e. The fourth-order valence-electron chi connectivity index (χ4n) is 2.16. The van der Waals surface area contributed by atoms with E-state index in [0.29, 0.717) is 0 Å². The number of pyridine rings is 1. The molecule has 0 saturated heterocycles. The number of rotatable bonds is 1. The Morgan fingerprint density at radius 3 is 2.75 bits per heavy atom. The van der Waals surface area contributed by atoms with Crippen LogP contribution in [0.2, 0.25) is 0 Å². The molecule has 0 amide bonds. The quantitative estimate of drug-likeness (QED) is 0.447. The molecule has 0 saturated carbocycles. The highest BCUT2D eigenvalue weighted by Gasteiger charge is 2.31. The van der Waals surface area contributed by atoms with Gasteiger partial charge < -0.3 is 0 Å². The van der Waals surface area contributed by atoms with Crippen molar-refractivity contribution in [2.45, 2.75) is 0 Å². The number of hydrogen-bond acceptors (Lipinski definition) is 2. The van der Waals surface area contributed by atoms with E-state index in [0.717, 1.165) is 0 Å². The summed E-state index contributed by atoms with van der Waals surface area (Å²) < 4.78 is 2.15. The van der Waals surface area contributed by atoms with Gasteiger partial charge in [-0.25, -0.2) is 5.01 Å². The van der Waals surface area contributed by atoms with E-state index in [1.54, 1.807) is 0 Å². The largest absolute Gasteiger partial charge is 0.262 e. The average molecular weight is 207 g/mol. The molecule has 3 nitrogen and oxygen atoms in total. The fourth-order valence-corrected chi connectivity index (χ4v) is 2.16. The van der Waals surface area contributed by atoms with Crippen molar-refractivity contribution in [2.75, 3.05) is 5.01 Å². The number of hydrogen-bond donors (Lipinski definition) is 0. The Morgan fingerprint density at radius 2 is 1.88 bits per heavy atom. The van der Waals surface area contributed by atoms with Gasteiger partial charge in [-0.15, -0.1) is 0 Å². The van der Waals surface area contributed by atoms with Crippen LogP contribution in [-0.4, -0.2) is 9.66 Å². The zero-order valence-corrected chi connectivity index (χ0v) is 8.54. The molecule has 0 radical (unpaired) electrons. The van der Waals surface area contributed by atoms with Gasteiger partial charge in [0, 0.05) is 17.8 Å². The van der Waals surface area contributed by atoms with E-state index in [2.05, 4.69) is 51.2 Å². The van der Waals surface area contributed by atoms with Crippen molar-refractivity contribution < 1.29 is 0 Å². The van der Waals surface area contributed by atoms with Crippen molar-refractivity contribution in [1.29, 1.82) is 0 Å². The molecular formula is C13H9N3. The van der Waals surface area contributed by atoms with Crippen LogP contribution in [0.3, 0.4) is 0 Å². The van der Waals surface area contributed by atoms with Crippen LogP contribution in [-0.2, 0) is 0 Å². The monoisotopic (exact) mass is 207 g/mol. The Labute approximate surface area is 92.5 Å². The topological polar surface area (TPSA) is 20.8 Å². The van der Waals surface area contributed by atoms with E-state index in [9.17, 15) is 0 Å². The first kappa shape index (κ1) is 7.93. The van der Waals surface area contributed by atoms with Gasteiger partial charge in [-0.3, -0.25) is 9.66 Å². The predicted molar refractivity (Wildman–Crippen MR) is 63.7 cm³/mol. The lowest BCUT2D eigenvalue weighted by molar-refractivity contribution is 0.928. The first-order valence-corrected chi connectivity index (χ1v) is 5.26. The molecule has 1 aliphatic heterocycles. The van der Waals surface area contributed by atoms with Crippen molar-refractivity contribution in [3.05, 3.63) is 55.0 Å². The maximum Gasteiger partial charge on any atom is 0.108 e. The van der Waals surface area contributed by atoms with E-state index in [1.165, 1.54) is 22.3 Å². The summed E-state index contributed by atoms with van der Waals surface area (Å²) in [7, 11) is 0. The zero-order chi connectivity index (χ0) is 10.5. The number of fused-ring (bicyclic) bond motifs is 2. The van der Waals surface area contributed by atoms with Crippen LogP contribution in [0, 0.1) is 0 Å². The van der Waals surface area contributed by atoms with Gasteiger partial charge >= 0.3 is 0 Å². The Kier molecular flexibility index (Phi) is 1.31. The number of nitrogens with zero attached hydrogens (tertiary/aromatic N) is 3. The molecule has 1 aliphatic rings. The highest BCUT2D eigenvalue weighted by Crippen LogP contribution is 2.47. The predicted octanol–water partition coefficient (Wildman–Crippen LogP) is 2.95. The van der Waals surface area contributed by atoms with Gasteiger partial charge in [0.1, 0.15) is 5.69 Å². The Bertz CT molecular complexity index is 661. The number of aromatic nitrogens is 2. The molecule has 0 fully saturated rings. The Morgan fingerprint density at radius 1 is 0.938 bits per heavy atom. The summed E-state index contributed by atoms with van der Waals surface area (Å²) in [6.07, 6.45) is 5.80. The minimum absolute atomic E-state index is 1.18. The summed E-state index contributed by atoms with van der Waals surface area (Å²) in [5, 5.41) is 3.42. The molecule has 0 N–H and O–H groups in total. The molecular weight excluding hydrogens is 198 g/mol. The van der Waals surface area contributed by atoms with Gasteiger partial charge in [-0.05, 0) is 18.2 Å². The van der Waals surface area contributed by atoms with Gasteiger partial charge in [-0.1, -0.05) is 18.2 Å². The van der Waals surface area contributed by atoms with E-state index in [-0.39, 0.29) is 0 Å². The van der Waals surface area contributed by atoms with Crippen LogP contribution in [0.1, 0.15) is 0 Å². The van der Waals surface area contributed by atoms with Gasteiger partial charge in [0.25, 0.3) is 0 Å². The molecule has 0 aliphatic carbocycles. The molecule has 1 aromatic carbocycles. The summed E-state index contributed by atoms with van der Waals surface area (Å²) in [6, 6.07) is 12.5. The van der Waals surface area contributed by atoms with Crippen LogP contribution in [0.25, 0.3) is 10.9 Å². The maximum atomic E-state index is 4.12. The molecule has 4 rings (SSSR count). The lowest BCUT2D eigenvalue weighted by atomic mass is 10.3. The first-order chi connectivity index (χ1) is 7.95. The third kappa shape index (κ3) is 0.896. The average Bonchev–Trinajstić information content (AvgIpc) is 2.92. The van der Waals surface area contributed by atoms with Crippen LogP contribution < -0.4 is 5.01 Å². The number of anilines is 2. The number of para-hydroxylation sites is 1. The second-order valence-electron chi connectivity index (χ2n) is 3.90. The molecule has 3 aromatic rings. The van der Waals surface area contributed by atoms with Gasteiger partial charge in [0.05, 0.1) is 17.4 Å². The Balaban J connectivity index is 1.91. The summed E-state index contributed by atoms with van der Waals surface area (Å²) >= 11 is 0. The van der Waals surface area contributed by atoms with E-state index in [1.807, 2.05) is 18.5 Å². The van der Waals surface area contributed by atoms with Crippen LogP contribution in [0.5, 0.6) is 0 Å². The molecule has 2 aromatic heterocycles. The van der Waals surface area contributed by atoms with Gasteiger partial charge in [-0.2, -0.15) is 0 Å². The third-order valence-electron chi connectivity index (χ3n) is 2.98. The lowest BCUT2D eigenvalue weighted by Gasteiger charge is -2.06. The minimum atomic E-state index is 1.18. The van der Waals surface area contributed by atoms with E-state index in [4.69, 9.17) is 0 Å². The zero-order valence-electron chi connectivity index (χ0n) is 8.54. The fraction of sp³-hybridized carbons (Fsp3) is 0. The summed E-state index contributed by atoms with van der Waals surface area (Å²) in [4.78, 5) is 4.12. The SMILES string of the molecule is c1ccc2c(c1)ccn2N1c2ccncc21. The molecule has 3 heteroatoms. The molecule has 0 unspecified atom stereocenters. The first-order valence-electron chi connectivity index (χ1n) is 5.26. The maximum absolute atomic E-state index is 4.12. The standard InChI is InChI=1S/C13H9N3/c1-2-4-11-10(3-1)6-8-15(11)16-12-5-7-14-9-13(12)16/h1-9H. The smallest absolute Gasteiger partial charge is 0.108 e. The van der Waals surface area contributed by atoms with Crippen LogP contribution in [0.15, 0.2) is 55.0 Å². The third-order valence-corrected chi connectivity index (χ3v) is 2.98. The van der Waals surface area contributed by atoms with Crippen molar-refractivity contribution in [2.24, 2.45) is 0 Å². The molecule has 0 spiro atoms. The molecule has 16 heavy (non-hydrogen) atoms. The number of benzene rings is 1. The van der Waals surface area contributed by atoms with E-state index >= 15 is 0 Å².